The molecule has 6 rings (SSSR count). The first kappa shape index (κ1) is 32.8. The largest absolute Gasteiger partial charge is 0.444 e. The van der Waals surface area contributed by atoms with Gasteiger partial charge in [0.2, 0.25) is 11.8 Å². The van der Waals surface area contributed by atoms with E-state index in [4.69, 9.17) is 14.5 Å². The topological polar surface area (TPSA) is 136 Å². The van der Waals surface area contributed by atoms with Gasteiger partial charge in [0.05, 0.1) is 21.9 Å². The molecule has 0 bridgehead atoms. The van der Waals surface area contributed by atoms with Gasteiger partial charge >= 0.3 is 6.09 Å². The maximum atomic E-state index is 13.2. The number of carbonyl (C=O) groups excluding carboxylic acids is 1. The van der Waals surface area contributed by atoms with Crippen LogP contribution in [0.15, 0.2) is 90.3 Å². The van der Waals surface area contributed by atoms with Crippen LogP contribution in [-0.2, 0) is 20.3 Å². The number of benzene rings is 2. The Bertz CT molecular complexity index is 2050. The molecule has 5 aromatic rings. The van der Waals surface area contributed by atoms with Crippen molar-refractivity contribution < 1.29 is 22.7 Å². The summed E-state index contributed by atoms with van der Waals surface area (Å²) in [7, 11) is -3.62. The molecule has 4 heterocycles. The number of aromatic nitrogens is 4. The predicted molar refractivity (Wildman–Crippen MR) is 184 cm³/mol. The molecule has 11 nitrogen and oxygen atoms in total. The van der Waals surface area contributed by atoms with Crippen molar-refractivity contribution in [1.29, 1.82) is 0 Å². The van der Waals surface area contributed by atoms with Gasteiger partial charge < -0.3 is 19.7 Å². The SMILES string of the molecule is Cc1ccc2c(CS(=O)(=O)c3cccnc3)cccc2c1Oc1ncccc1-c1ccnc(N[C@H]2CCCN(C(=O)OC(C)(C)C)C2)n1. The molecule has 1 fully saturated rings. The van der Waals surface area contributed by atoms with Crippen molar-refractivity contribution in [1.82, 2.24) is 24.8 Å². The Morgan fingerprint density at radius 1 is 0.979 bits per heavy atom. The van der Waals surface area contributed by atoms with E-state index < -0.39 is 15.4 Å². The molecule has 1 amide bonds. The normalized spacial score (nSPS) is 15.2. The smallest absolute Gasteiger partial charge is 0.410 e. The molecule has 248 valence electrons. The first-order valence-corrected chi connectivity index (χ1v) is 17.5. The summed E-state index contributed by atoms with van der Waals surface area (Å²) in [6.45, 7) is 8.63. The van der Waals surface area contributed by atoms with Gasteiger partial charge in [-0.05, 0) is 87.4 Å². The van der Waals surface area contributed by atoms with Crippen LogP contribution in [0.4, 0.5) is 10.7 Å². The zero-order chi connectivity index (χ0) is 33.9. The minimum absolute atomic E-state index is 0.0411. The van der Waals surface area contributed by atoms with Crippen molar-refractivity contribution in [2.75, 3.05) is 18.4 Å². The number of sulfone groups is 1. The number of amides is 1. The number of ether oxygens (including phenoxy) is 2. The van der Waals surface area contributed by atoms with E-state index in [0.29, 0.717) is 47.5 Å². The highest BCUT2D eigenvalue weighted by atomic mass is 32.2. The number of rotatable bonds is 8. The Kier molecular flexibility index (Phi) is 9.27. The fourth-order valence-corrected chi connectivity index (χ4v) is 7.03. The second-order valence-corrected chi connectivity index (χ2v) is 14.8. The minimum atomic E-state index is -3.62. The van der Waals surface area contributed by atoms with Gasteiger partial charge in [-0.1, -0.05) is 30.3 Å². The van der Waals surface area contributed by atoms with E-state index in [1.54, 1.807) is 41.7 Å². The van der Waals surface area contributed by atoms with Crippen LogP contribution in [0.25, 0.3) is 22.0 Å². The maximum absolute atomic E-state index is 13.2. The molecule has 12 heteroatoms. The van der Waals surface area contributed by atoms with Gasteiger partial charge in [0, 0.05) is 49.3 Å². The average molecular weight is 667 g/mol. The molecule has 1 atom stereocenters. The third-order valence-corrected chi connectivity index (χ3v) is 9.60. The van der Waals surface area contributed by atoms with Crippen LogP contribution in [-0.4, -0.2) is 64.1 Å². The van der Waals surface area contributed by atoms with Gasteiger partial charge in [0.25, 0.3) is 0 Å². The number of likely N-dealkylation sites (tertiary alicyclic amines) is 1. The van der Waals surface area contributed by atoms with Gasteiger partial charge in [0.15, 0.2) is 9.84 Å². The number of nitrogens with zero attached hydrogens (tertiary/aromatic N) is 5. The average Bonchev–Trinajstić information content (AvgIpc) is 3.06. The lowest BCUT2D eigenvalue weighted by Crippen LogP contribution is -2.47. The number of pyridine rings is 2. The second kappa shape index (κ2) is 13.6. The molecule has 48 heavy (non-hydrogen) atoms. The van der Waals surface area contributed by atoms with E-state index in [1.165, 1.54) is 6.20 Å². The number of hydrogen-bond acceptors (Lipinski definition) is 10. The number of anilines is 1. The van der Waals surface area contributed by atoms with E-state index in [9.17, 15) is 13.2 Å². The Hall–Kier alpha value is -5.10. The number of nitrogens with one attached hydrogen (secondary N) is 1. The monoisotopic (exact) mass is 666 g/mol. The maximum Gasteiger partial charge on any atom is 0.410 e. The van der Waals surface area contributed by atoms with Gasteiger partial charge in [-0.25, -0.2) is 28.2 Å². The van der Waals surface area contributed by atoms with Crippen molar-refractivity contribution in [2.24, 2.45) is 0 Å². The van der Waals surface area contributed by atoms with Crippen LogP contribution in [0.1, 0.15) is 44.7 Å². The fraction of sp³-hybridized carbons (Fsp3) is 0.306. The third kappa shape index (κ3) is 7.54. The lowest BCUT2D eigenvalue weighted by molar-refractivity contribution is 0.0206. The number of hydrogen-bond donors (Lipinski definition) is 1. The molecule has 1 aliphatic rings. The Morgan fingerprint density at radius 2 is 1.81 bits per heavy atom. The minimum Gasteiger partial charge on any atom is -0.444 e. The van der Waals surface area contributed by atoms with Gasteiger partial charge in [-0.2, -0.15) is 0 Å². The molecule has 1 N–H and O–H groups in total. The summed E-state index contributed by atoms with van der Waals surface area (Å²) in [5.74, 6) is 1.17. The molecule has 2 aromatic carbocycles. The zero-order valence-electron chi connectivity index (χ0n) is 27.4. The van der Waals surface area contributed by atoms with E-state index in [2.05, 4.69) is 20.3 Å². The Morgan fingerprint density at radius 3 is 2.60 bits per heavy atom. The van der Waals surface area contributed by atoms with Crippen LogP contribution in [0, 0.1) is 6.92 Å². The first-order chi connectivity index (χ1) is 23.0. The molecule has 1 aliphatic heterocycles. The lowest BCUT2D eigenvalue weighted by Gasteiger charge is -2.34. The molecule has 0 aliphatic carbocycles. The molecule has 0 saturated carbocycles. The summed E-state index contributed by atoms with van der Waals surface area (Å²) >= 11 is 0. The van der Waals surface area contributed by atoms with Gasteiger partial charge in [0.1, 0.15) is 11.4 Å². The number of aryl methyl sites for hydroxylation is 1. The van der Waals surface area contributed by atoms with E-state index in [-0.39, 0.29) is 22.8 Å². The number of piperidine rings is 1. The quantitative estimate of drug-likeness (QED) is 0.185. The molecule has 0 spiro atoms. The van der Waals surface area contributed by atoms with Gasteiger partial charge in [-0.15, -0.1) is 0 Å². The summed E-state index contributed by atoms with van der Waals surface area (Å²) in [6, 6.07) is 18.0. The Balaban J connectivity index is 1.25. The van der Waals surface area contributed by atoms with Crippen molar-refractivity contribution in [3.05, 3.63) is 96.6 Å². The molecule has 0 radical (unpaired) electrons. The summed E-state index contributed by atoms with van der Waals surface area (Å²) in [5, 5.41) is 4.93. The highest BCUT2D eigenvalue weighted by Gasteiger charge is 2.28. The number of carbonyl (C=O) groups is 1. The molecule has 1 saturated heterocycles. The van der Waals surface area contributed by atoms with Gasteiger partial charge in [-0.3, -0.25) is 4.98 Å². The molecule has 3 aromatic heterocycles. The highest BCUT2D eigenvalue weighted by molar-refractivity contribution is 7.90. The van der Waals surface area contributed by atoms with Crippen LogP contribution in [0.2, 0.25) is 0 Å². The van der Waals surface area contributed by atoms with E-state index in [0.717, 1.165) is 29.2 Å². The highest BCUT2D eigenvalue weighted by Crippen LogP contribution is 2.38. The lowest BCUT2D eigenvalue weighted by atomic mass is 10.0. The van der Waals surface area contributed by atoms with Crippen molar-refractivity contribution in [3.63, 3.8) is 0 Å². The second-order valence-electron chi connectivity index (χ2n) is 12.8. The zero-order valence-corrected chi connectivity index (χ0v) is 28.2. The fourth-order valence-electron chi connectivity index (χ4n) is 5.70. The van der Waals surface area contributed by atoms with Crippen molar-refractivity contribution in [2.45, 2.75) is 62.8 Å². The summed E-state index contributed by atoms with van der Waals surface area (Å²) in [6.07, 6.45) is 7.60. The van der Waals surface area contributed by atoms with Crippen molar-refractivity contribution in [3.8, 4) is 22.9 Å². The summed E-state index contributed by atoms with van der Waals surface area (Å²) in [5.41, 5.74) is 2.22. The van der Waals surface area contributed by atoms with Crippen molar-refractivity contribution >= 4 is 32.7 Å². The summed E-state index contributed by atoms with van der Waals surface area (Å²) < 4.78 is 38.5. The van der Waals surface area contributed by atoms with E-state index >= 15 is 0 Å². The molecular weight excluding hydrogens is 629 g/mol. The third-order valence-electron chi connectivity index (χ3n) is 7.95. The van der Waals surface area contributed by atoms with Crippen LogP contribution >= 0.6 is 0 Å². The van der Waals surface area contributed by atoms with Crippen LogP contribution < -0.4 is 10.1 Å². The first-order valence-electron chi connectivity index (χ1n) is 15.8. The molecular formula is C36H38N6O5S. The molecule has 0 unspecified atom stereocenters. The Labute approximate surface area is 280 Å². The van der Waals surface area contributed by atoms with Crippen LogP contribution in [0.5, 0.6) is 11.6 Å². The summed E-state index contributed by atoms with van der Waals surface area (Å²) in [4.78, 5) is 32.3. The van der Waals surface area contributed by atoms with Crippen LogP contribution in [0.3, 0.4) is 0 Å². The predicted octanol–water partition coefficient (Wildman–Crippen LogP) is 6.97. The standard InChI is InChI=1S/C36H38N6O5S/c1-24-14-15-28-25(23-48(44,45)27-11-6-17-37-21-27)9-5-12-29(28)32(24)46-33-30(13-7-18-38-33)31-16-19-39-34(41-31)40-26-10-8-20-42(22-26)35(43)47-36(2,3)4/h5-7,9,11-19,21,26H,8,10,20,22-23H2,1-4H3,(H,39,40,41)/t26-/m0/s1. The van der Waals surface area contributed by atoms with E-state index in [1.807, 2.05) is 70.2 Å². The number of fused-ring (bicyclic) bond motifs is 1.